The molecule has 1 aromatic carbocycles. The minimum absolute atomic E-state index is 0.283. The molecule has 1 fully saturated rings. The van der Waals surface area contributed by atoms with Crippen LogP contribution in [-0.2, 0) is 6.54 Å². The second-order valence-corrected chi connectivity index (χ2v) is 4.76. The molecule has 2 rings (SSSR count). The molecule has 0 amide bonds. The van der Waals surface area contributed by atoms with E-state index in [1.807, 2.05) is 0 Å². The second kappa shape index (κ2) is 5.13. The van der Waals surface area contributed by atoms with Gasteiger partial charge in [0.25, 0.3) is 0 Å². The van der Waals surface area contributed by atoms with Crippen LogP contribution >= 0.6 is 11.6 Å². The van der Waals surface area contributed by atoms with Gasteiger partial charge in [-0.25, -0.2) is 4.39 Å². The molecule has 1 aromatic rings. The van der Waals surface area contributed by atoms with Gasteiger partial charge in [-0.15, -0.1) is 0 Å². The van der Waals surface area contributed by atoms with Crippen molar-refractivity contribution < 1.29 is 4.39 Å². The quantitative estimate of drug-likeness (QED) is 0.863. The van der Waals surface area contributed by atoms with Crippen LogP contribution < -0.4 is 5.73 Å². The number of hydrogen-bond donors (Lipinski definition) is 1. The first-order chi connectivity index (χ1) is 7.65. The minimum atomic E-state index is -0.283. The number of nitrogens with two attached hydrogens (primary N) is 1. The molecular formula is C12H16ClFN2. The van der Waals surface area contributed by atoms with E-state index in [1.165, 1.54) is 12.1 Å². The van der Waals surface area contributed by atoms with Crippen molar-refractivity contribution in [1.82, 2.24) is 4.90 Å². The van der Waals surface area contributed by atoms with E-state index >= 15 is 0 Å². The van der Waals surface area contributed by atoms with E-state index in [1.54, 1.807) is 6.07 Å². The first kappa shape index (κ1) is 11.8. The zero-order valence-electron chi connectivity index (χ0n) is 9.13. The van der Waals surface area contributed by atoms with Crippen LogP contribution in [0.3, 0.4) is 0 Å². The summed E-state index contributed by atoms with van der Waals surface area (Å²) in [7, 11) is 0. The fourth-order valence-electron chi connectivity index (χ4n) is 2.00. The minimum Gasteiger partial charge on any atom is -0.328 e. The van der Waals surface area contributed by atoms with Crippen molar-refractivity contribution in [2.45, 2.75) is 25.4 Å². The smallest absolute Gasteiger partial charge is 0.124 e. The molecule has 0 atom stereocenters. The average molecular weight is 243 g/mol. The summed E-state index contributed by atoms with van der Waals surface area (Å²) >= 11 is 5.99. The van der Waals surface area contributed by atoms with E-state index in [9.17, 15) is 4.39 Å². The molecule has 0 radical (unpaired) electrons. The summed E-state index contributed by atoms with van der Waals surface area (Å²) in [4.78, 5) is 2.31. The Morgan fingerprint density at radius 2 is 2.06 bits per heavy atom. The van der Waals surface area contributed by atoms with Crippen LogP contribution in [0.15, 0.2) is 18.2 Å². The van der Waals surface area contributed by atoms with Gasteiger partial charge in [-0.1, -0.05) is 17.7 Å². The van der Waals surface area contributed by atoms with Crippen molar-refractivity contribution in [3.8, 4) is 0 Å². The van der Waals surface area contributed by atoms with Gasteiger partial charge in [-0.05, 0) is 43.6 Å². The van der Waals surface area contributed by atoms with Gasteiger partial charge in [-0.3, -0.25) is 4.90 Å². The lowest BCUT2D eigenvalue weighted by Gasteiger charge is -2.30. The molecule has 1 aliphatic rings. The summed E-state index contributed by atoms with van der Waals surface area (Å²) in [6, 6.07) is 4.91. The van der Waals surface area contributed by atoms with E-state index in [0.717, 1.165) is 38.0 Å². The SMILES string of the molecule is NC1CCN(Cc2ccc(F)cc2Cl)CC1. The first-order valence-electron chi connectivity index (χ1n) is 5.57. The van der Waals surface area contributed by atoms with Crippen LogP contribution in [0.25, 0.3) is 0 Å². The Morgan fingerprint density at radius 1 is 1.38 bits per heavy atom. The van der Waals surface area contributed by atoms with Crippen LogP contribution in [-0.4, -0.2) is 24.0 Å². The Kier molecular flexibility index (Phi) is 3.79. The van der Waals surface area contributed by atoms with Gasteiger partial charge in [0.05, 0.1) is 0 Å². The third-order valence-corrected chi connectivity index (χ3v) is 3.39. The molecule has 2 N–H and O–H groups in total. The van der Waals surface area contributed by atoms with E-state index in [2.05, 4.69) is 4.90 Å². The summed E-state index contributed by atoms with van der Waals surface area (Å²) in [5.74, 6) is -0.283. The zero-order chi connectivity index (χ0) is 11.5. The molecule has 16 heavy (non-hydrogen) atoms. The van der Waals surface area contributed by atoms with Crippen molar-refractivity contribution in [2.75, 3.05) is 13.1 Å². The number of nitrogens with zero attached hydrogens (tertiary/aromatic N) is 1. The molecule has 0 unspecified atom stereocenters. The predicted molar refractivity (Wildman–Crippen MR) is 63.9 cm³/mol. The fraction of sp³-hybridized carbons (Fsp3) is 0.500. The highest BCUT2D eigenvalue weighted by molar-refractivity contribution is 6.31. The van der Waals surface area contributed by atoms with Crippen molar-refractivity contribution >= 4 is 11.6 Å². The topological polar surface area (TPSA) is 29.3 Å². The van der Waals surface area contributed by atoms with Gasteiger partial charge in [0.2, 0.25) is 0 Å². The van der Waals surface area contributed by atoms with Gasteiger partial charge in [0.1, 0.15) is 5.82 Å². The summed E-state index contributed by atoms with van der Waals surface area (Å²) in [6.45, 7) is 2.77. The molecule has 1 heterocycles. The van der Waals surface area contributed by atoms with Crippen LogP contribution in [0, 0.1) is 5.82 Å². The third-order valence-electron chi connectivity index (χ3n) is 3.04. The van der Waals surface area contributed by atoms with Crippen molar-refractivity contribution in [2.24, 2.45) is 5.73 Å². The maximum absolute atomic E-state index is 12.9. The van der Waals surface area contributed by atoms with Crippen LogP contribution in [0.4, 0.5) is 4.39 Å². The molecule has 0 aromatic heterocycles. The highest BCUT2D eigenvalue weighted by Crippen LogP contribution is 2.20. The van der Waals surface area contributed by atoms with E-state index < -0.39 is 0 Å². The molecule has 0 bridgehead atoms. The molecule has 1 aliphatic heterocycles. The molecule has 88 valence electrons. The molecule has 2 nitrogen and oxygen atoms in total. The Bertz CT molecular complexity index is 362. The van der Waals surface area contributed by atoms with Gasteiger partial charge in [0, 0.05) is 17.6 Å². The van der Waals surface area contributed by atoms with Crippen LogP contribution in [0.1, 0.15) is 18.4 Å². The number of rotatable bonds is 2. The normalized spacial score (nSPS) is 18.9. The number of benzene rings is 1. The molecule has 0 spiro atoms. The zero-order valence-corrected chi connectivity index (χ0v) is 9.88. The largest absolute Gasteiger partial charge is 0.328 e. The first-order valence-corrected chi connectivity index (χ1v) is 5.95. The summed E-state index contributed by atoms with van der Waals surface area (Å²) in [6.07, 6.45) is 2.05. The Balaban J connectivity index is 1.98. The molecule has 4 heteroatoms. The summed E-state index contributed by atoms with van der Waals surface area (Å²) in [5.41, 5.74) is 6.82. The lowest BCUT2D eigenvalue weighted by molar-refractivity contribution is 0.205. The maximum Gasteiger partial charge on any atom is 0.124 e. The Morgan fingerprint density at radius 3 is 2.69 bits per heavy atom. The van der Waals surface area contributed by atoms with Crippen molar-refractivity contribution in [1.29, 1.82) is 0 Å². The second-order valence-electron chi connectivity index (χ2n) is 4.35. The number of hydrogen-bond acceptors (Lipinski definition) is 2. The fourth-order valence-corrected chi connectivity index (χ4v) is 2.23. The number of likely N-dealkylation sites (tertiary alicyclic amines) is 1. The predicted octanol–water partition coefficient (Wildman–Crippen LogP) is 2.40. The number of piperidine rings is 1. The highest BCUT2D eigenvalue weighted by Gasteiger charge is 2.16. The van der Waals surface area contributed by atoms with E-state index in [4.69, 9.17) is 17.3 Å². The van der Waals surface area contributed by atoms with E-state index in [0.29, 0.717) is 11.1 Å². The Labute approximate surface area is 100 Å². The monoisotopic (exact) mass is 242 g/mol. The molecule has 0 aliphatic carbocycles. The van der Waals surface area contributed by atoms with Crippen molar-refractivity contribution in [3.05, 3.63) is 34.6 Å². The average Bonchev–Trinajstić information content (AvgIpc) is 2.25. The lowest BCUT2D eigenvalue weighted by Crippen LogP contribution is -2.39. The lowest BCUT2D eigenvalue weighted by atomic mass is 10.1. The summed E-state index contributed by atoms with van der Waals surface area (Å²) in [5, 5.41) is 0.509. The van der Waals surface area contributed by atoms with Crippen LogP contribution in [0.2, 0.25) is 5.02 Å². The van der Waals surface area contributed by atoms with E-state index in [-0.39, 0.29) is 5.82 Å². The van der Waals surface area contributed by atoms with Gasteiger partial charge >= 0.3 is 0 Å². The highest BCUT2D eigenvalue weighted by atomic mass is 35.5. The van der Waals surface area contributed by atoms with Gasteiger partial charge in [-0.2, -0.15) is 0 Å². The molecule has 1 saturated heterocycles. The number of halogens is 2. The van der Waals surface area contributed by atoms with Crippen LogP contribution in [0.5, 0.6) is 0 Å². The van der Waals surface area contributed by atoms with Crippen molar-refractivity contribution in [3.63, 3.8) is 0 Å². The summed E-state index contributed by atoms with van der Waals surface area (Å²) < 4.78 is 12.9. The third kappa shape index (κ3) is 2.94. The maximum atomic E-state index is 12.9. The van der Waals surface area contributed by atoms with Gasteiger partial charge < -0.3 is 5.73 Å². The molecule has 0 saturated carbocycles. The molecular weight excluding hydrogens is 227 g/mol. The van der Waals surface area contributed by atoms with Gasteiger partial charge in [0.15, 0.2) is 0 Å². The standard InChI is InChI=1S/C12H16ClFN2/c13-12-7-10(14)2-1-9(12)8-16-5-3-11(15)4-6-16/h1-2,7,11H,3-6,8,15H2. The Hall–Kier alpha value is -0.640.